The molecule has 154 valence electrons. The number of pyridine rings is 2. The van der Waals surface area contributed by atoms with Crippen LogP contribution in [0.4, 0.5) is 17.3 Å². The number of para-hydroxylation sites is 1. The summed E-state index contributed by atoms with van der Waals surface area (Å²) < 4.78 is 0. The maximum atomic E-state index is 11.7. The minimum absolute atomic E-state index is 0.126. The lowest BCUT2D eigenvalue weighted by Gasteiger charge is -2.32. The standard InChI is InChI=1S/C21H21N5O4/c1-13-7-5-11-17(22-13)24-19(15-9-3-4-10-16(15)26(29)30)25(21(28)20(24)27)18-12-6-8-14(2)23-18/h3-12,19-21,27-28H,1-2H3/t20-,21-/m1/s1. The number of hydrogen-bond acceptors (Lipinski definition) is 8. The molecule has 0 saturated carbocycles. The Morgan fingerprint density at radius 3 is 1.80 bits per heavy atom. The molecule has 1 aliphatic heterocycles. The quantitative estimate of drug-likeness (QED) is 0.501. The fraction of sp³-hybridized carbons (Fsp3) is 0.238. The highest BCUT2D eigenvalue weighted by Crippen LogP contribution is 2.43. The zero-order chi connectivity index (χ0) is 21.4. The number of nitrogens with zero attached hydrogens (tertiary/aromatic N) is 5. The molecule has 30 heavy (non-hydrogen) atoms. The Hall–Kier alpha value is -3.56. The van der Waals surface area contributed by atoms with Crippen LogP contribution in [0, 0.1) is 24.0 Å². The van der Waals surface area contributed by atoms with Crippen LogP contribution in [0.3, 0.4) is 0 Å². The van der Waals surface area contributed by atoms with Crippen molar-refractivity contribution < 1.29 is 15.1 Å². The second-order valence-electron chi connectivity index (χ2n) is 7.11. The van der Waals surface area contributed by atoms with E-state index in [2.05, 4.69) is 9.97 Å². The van der Waals surface area contributed by atoms with Gasteiger partial charge in [-0.15, -0.1) is 0 Å². The van der Waals surface area contributed by atoms with Gasteiger partial charge in [-0.3, -0.25) is 10.1 Å². The lowest BCUT2D eigenvalue weighted by atomic mass is 10.1. The van der Waals surface area contributed by atoms with Crippen LogP contribution in [0.1, 0.15) is 23.1 Å². The lowest BCUT2D eigenvalue weighted by molar-refractivity contribution is -0.385. The van der Waals surface area contributed by atoms with Crippen LogP contribution in [0.25, 0.3) is 0 Å². The maximum absolute atomic E-state index is 11.7. The molecule has 0 spiro atoms. The number of nitro groups is 1. The SMILES string of the molecule is Cc1cccc(N2C(c3ccccc3[N+](=O)[O-])N(c3cccc(C)n3)[C@H](O)[C@H]2O)n1. The van der Waals surface area contributed by atoms with E-state index < -0.39 is 23.5 Å². The van der Waals surface area contributed by atoms with Gasteiger partial charge in [0.15, 0.2) is 12.5 Å². The molecule has 2 aromatic heterocycles. The van der Waals surface area contributed by atoms with Crippen molar-refractivity contribution in [2.45, 2.75) is 32.5 Å². The first-order chi connectivity index (χ1) is 14.4. The zero-order valence-corrected chi connectivity index (χ0v) is 16.5. The predicted octanol–water partition coefficient (Wildman–Crippen LogP) is 2.66. The smallest absolute Gasteiger partial charge is 0.276 e. The van der Waals surface area contributed by atoms with Gasteiger partial charge in [0, 0.05) is 17.5 Å². The fourth-order valence-electron chi connectivity index (χ4n) is 3.75. The first kappa shape index (κ1) is 19.7. The number of hydrogen-bond donors (Lipinski definition) is 2. The van der Waals surface area contributed by atoms with E-state index in [0.29, 0.717) is 28.6 Å². The first-order valence-corrected chi connectivity index (χ1v) is 9.42. The third-order valence-electron chi connectivity index (χ3n) is 5.05. The summed E-state index contributed by atoms with van der Waals surface area (Å²) in [6, 6.07) is 16.8. The van der Waals surface area contributed by atoms with Crippen molar-refractivity contribution in [3.8, 4) is 0 Å². The number of rotatable bonds is 4. The molecule has 3 heterocycles. The molecule has 1 aromatic carbocycles. The topological polar surface area (TPSA) is 116 Å². The van der Waals surface area contributed by atoms with Crippen LogP contribution in [0.5, 0.6) is 0 Å². The Kier molecular flexibility index (Phi) is 5.06. The number of anilines is 2. The first-order valence-electron chi connectivity index (χ1n) is 9.42. The molecule has 3 aromatic rings. The summed E-state index contributed by atoms with van der Waals surface area (Å²) in [6.07, 6.45) is -3.67. The van der Waals surface area contributed by atoms with Crippen molar-refractivity contribution >= 4 is 17.3 Å². The highest BCUT2D eigenvalue weighted by Gasteiger charge is 2.49. The summed E-state index contributed by atoms with van der Waals surface area (Å²) >= 11 is 0. The number of nitro benzene ring substituents is 1. The minimum atomic E-state index is -1.38. The average Bonchev–Trinajstić information content (AvgIpc) is 2.99. The molecule has 0 bridgehead atoms. The average molecular weight is 407 g/mol. The summed E-state index contributed by atoms with van der Waals surface area (Å²) in [6.45, 7) is 3.62. The van der Waals surface area contributed by atoms with Gasteiger partial charge in [-0.05, 0) is 44.2 Å². The summed E-state index contributed by atoms with van der Waals surface area (Å²) in [7, 11) is 0. The largest absolute Gasteiger partial charge is 0.369 e. The van der Waals surface area contributed by atoms with E-state index in [9.17, 15) is 20.3 Å². The summed E-state index contributed by atoms with van der Waals surface area (Å²) in [5, 5.41) is 33.7. The van der Waals surface area contributed by atoms with E-state index in [4.69, 9.17) is 0 Å². The van der Waals surface area contributed by atoms with Gasteiger partial charge in [-0.2, -0.15) is 0 Å². The highest BCUT2D eigenvalue weighted by molar-refractivity contribution is 5.59. The number of aliphatic hydroxyl groups is 2. The third kappa shape index (κ3) is 3.34. The van der Waals surface area contributed by atoms with E-state index in [1.807, 2.05) is 26.0 Å². The normalized spacial score (nSPS) is 19.3. The molecule has 4 rings (SSSR count). The molecule has 1 aliphatic rings. The molecule has 1 fully saturated rings. The van der Waals surface area contributed by atoms with Crippen molar-refractivity contribution in [3.63, 3.8) is 0 Å². The summed E-state index contributed by atoms with van der Waals surface area (Å²) in [5.41, 5.74) is 1.61. The zero-order valence-electron chi connectivity index (χ0n) is 16.5. The molecule has 0 aliphatic carbocycles. The lowest BCUT2D eigenvalue weighted by Crippen LogP contribution is -2.37. The Labute approximate surface area is 173 Å². The van der Waals surface area contributed by atoms with E-state index in [0.717, 1.165) is 0 Å². The molecule has 2 N–H and O–H groups in total. The van der Waals surface area contributed by atoms with Crippen molar-refractivity contribution in [1.82, 2.24) is 9.97 Å². The van der Waals surface area contributed by atoms with Crippen LogP contribution < -0.4 is 9.80 Å². The van der Waals surface area contributed by atoms with Gasteiger partial charge >= 0.3 is 0 Å². The molecular weight excluding hydrogens is 386 g/mol. The maximum Gasteiger partial charge on any atom is 0.276 e. The molecule has 0 radical (unpaired) electrons. The summed E-state index contributed by atoms with van der Waals surface area (Å²) in [5.74, 6) is 0.778. The number of aliphatic hydroxyl groups excluding tert-OH is 2. The number of aryl methyl sites for hydroxylation is 2. The predicted molar refractivity (Wildman–Crippen MR) is 111 cm³/mol. The Morgan fingerprint density at radius 2 is 1.33 bits per heavy atom. The van der Waals surface area contributed by atoms with Crippen LogP contribution in [0.15, 0.2) is 60.7 Å². The minimum Gasteiger partial charge on any atom is -0.369 e. The Bertz CT molecular complexity index is 1030. The van der Waals surface area contributed by atoms with Crippen molar-refractivity contribution in [2.24, 2.45) is 0 Å². The molecule has 9 heteroatoms. The van der Waals surface area contributed by atoms with Crippen molar-refractivity contribution in [2.75, 3.05) is 9.80 Å². The third-order valence-corrected chi connectivity index (χ3v) is 5.05. The van der Waals surface area contributed by atoms with Gasteiger partial charge in [0.25, 0.3) is 5.69 Å². The molecule has 1 saturated heterocycles. The van der Waals surface area contributed by atoms with Crippen molar-refractivity contribution in [1.29, 1.82) is 0 Å². The highest BCUT2D eigenvalue weighted by atomic mass is 16.6. The van der Waals surface area contributed by atoms with Gasteiger partial charge < -0.3 is 20.0 Å². The van der Waals surface area contributed by atoms with E-state index in [1.54, 1.807) is 42.5 Å². The summed E-state index contributed by atoms with van der Waals surface area (Å²) in [4.78, 5) is 23.2. The van der Waals surface area contributed by atoms with Crippen molar-refractivity contribution in [3.05, 3.63) is 87.7 Å². The number of benzene rings is 1. The fourth-order valence-corrected chi connectivity index (χ4v) is 3.75. The van der Waals surface area contributed by atoms with Gasteiger partial charge in [-0.25, -0.2) is 9.97 Å². The molecular formula is C21H21N5O4. The van der Waals surface area contributed by atoms with Crippen LogP contribution in [0.2, 0.25) is 0 Å². The van der Waals surface area contributed by atoms with E-state index in [1.165, 1.54) is 15.9 Å². The monoisotopic (exact) mass is 407 g/mol. The van der Waals surface area contributed by atoms with Gasteiger partial charge in [0.2, 0.25) is 0 Å². The van der Waals surface area contributed by atoms with Crippen LogP contribution >= 0.6 is 0 Å². The van der Waals surface area contributed by atoms with Crippen LogP contribution in [-0.4, -0.2) is 37.6 Å². The van der Waals surface area contributed by atoms with E-state index in [-0.39, 0.29) is 5.69 Å². The number of aromatic nitrogens is 2. The molecule has 2 atom stereocenters. The van der Waals surface area contributed by atoms with Gasteiger partial charge in [0.1, 0.15) is 17.8 Å². The Balaban J connectivity index is 1.95. The van der Waals surface area contributed by atoms with Gasteiger partial charge in [0.05, 0.1) is 10.5 Å². The Morgan fingerprint density at radius 1 is 0.833 bits per heavy atom. The van der Waals surface area contributed by atoms with Gasteiger partial charge in [-0.1, -0.05) is 24.3 Å². The molecule has 0 amide bonds. The van der Waals surface area contributed by atoms with Crippen LogP contribution in [-0.2, 0) is 0 Å². The second kappa shape index (κ2) is 7.69. The van der Waals surface area contributed by atoms with E-state index >= 15 is 0 Å². The molecule has 0 unspecified atom stereocenters. The second-order valence-corrected chi connectivity index (χ2v) is 7.11. The molecule has 9 nitrogen and oxygen atoms in total.